The second kappa shape index (κ2) is 10.1. The molecular formula is C22H22FN7O4S. The summed E-state index contributed by atoms with van der Waals surface area (Å²) in [6.45, 7) is 1.54. The van der Waals surface area contributed by atoms with Gasteiger partial charge >= 0.3 is 0 Å². The van der Waals surface area contributed by atoms with Gasteiger partial charge in [-0.1, -0.05) is 6.07 Å². The van der Waals surface area contributed by atoms with Crippen LogP contribution in [0, 0.1) is 5.82 Å². The van der Waals surface area contributed by atoms with Crippen molar-refractivity contribution in [1.82, 2.24) is 34.7 Å². The van der Waals surface area contributed by atoms with Crippen LogP contribution in [0.15, 0.2) is 49.1 Å². The molecule has 0 unspecified atom stereocenters. The van der Waals surface area contributed by atoms with Crippen molar-refractivity contribution in [2.24, 2.45) is 0 Å². The van der Waals surface area contributed by atoms with Crippen LogP contribution in [0.3, 0.4) is 0 Å². The Morgan fingerprint density at radius 2 is 1.60 bits per heavy atom. The number of ether oxygens (including phenoxy) is 2. The summed E-state index contributed by atoms with van der Waals surface area (Å²) in [5.74, 6) is 0.545. The molecule has 0 aliphatic rings. The van der Waals surface area contributed by atoms with Crippen LogP contribution in [0.5, 0.6) is 11.5 Å². The Balaban J connectivity index is 1.79. The molecule has 0 spiro atoms. The van der Waals surface area contributed by atoms with Gasteiger partial charge in [0.15, 0.2) is 27.3 Å². The molecule has 0 amide bonds. The molecule has 1 atom stereocenters. The minimum Gasteiger partial charge on any atom is -0.494 e. The van der Waals surface area contributed by atoms with Crippen molar-refractivity contribution in [3.05, 3.63) is 66.5 Å². The van der Waals surface area contributed by atoms with Crippen LogP contribution in [0.25, 0.3) is 17.3 Å². The molecule has 11 nitrogen and oxygen atoms in total. The summed E-state index contributed by atoms with van der Waals surface area (Å²) < 4.78 is 52.3. The van der Waals surface area contributed by atoms with Crippen LogP contribution in [-0.2, 0) is 22.0 Å². The Labute approximate surface area is 201 Å². The minimum absolute atomic E-state index is 0.00336. The van der Waals surface area contributed by atoms with Gasteiger partial charge in [-0.2, -0.15) is 0 Å². The standard InChI is InChI=1S/C22H22FN7O4S/c1-14(10-18-26-11-15(23)12-27-18)35(31,32)13-19-28-29-22(21-24-8-5-9-25-21)30(19)20-16(33-2)6-4-7-17(20)34-3/h4-9,11-12,14H,10,13H2,1-3H3/t14-/m0/s1. The molecular weight excluding hydrogens is 477 g/mol. The fourth-order valence-corrected chi connectivity index (χ4v) is 4.64. The molecule has 0 N–H and O–H groups in total. The maximum absolute atomic E-state index is 13.3. The van der Waals surface area contributed by atoms with Crippen molar-refractivity contribution < 1.29 is 22.3 Å². The highest BCUT2D eigenvalue weighted by Gasteiger charge is 2.29. The van der Waals surface area contributed by atoms with Crippen molar-refractivity contribution in [3.8, 4) is 28.8 Å². The smallest absolute Gasteiger partial charge is 0.206 e. The summed E-state index contributed by atoms with van der Waals surface area (Å²) in [6, 6.07) is 6.81. The number of aromatic nitrogens is 7. The van der Waals surface area contributed by atoms with Crippen molar-refractivity contribution in [2.75, 3.05) is 14.2 Å². The Kier molecular flexibility index (Phi) is 6.96. The maximum Gasteiger partial charge on any atom is 0.206 e. The van der Waals surface area contributed by atoms with Gasteiger partial charge in [-0.25, -0.2) is 32.7 Å². The van der Waals surface area contributed by atoms with Crippen LogP contribution >= 0.6 is 0 Å². The van der Waals surface area contributed by atoms with Crippen LogP contribution in [-0.4, -0.2) is 62.6 Å². The number of hydrogen-bond acceptors (Lipinski definition) is 10. The monoisotopic (exact) mass is 499 g/mol. The number of benzene rings is 1. The maximum atomic E-state index is 13.3. The molecule has 13 heteroatoms. The Morgan fingerprint density at radius 1 is 0.971 bits per heavy atom. The van der Waals surface area contributed by atoms with Crippen molar-refractivity contribution in [1.29, 1.82) is 0 Å². The molecule has 4 aromatic rings. The number of sulfone groups is 1. The van der Waals surface area contributed by atoms with E-state index in [9.17, 15) is 12.8 Å². The average molecular weight is 500 g/mol. The van der Waals surface area contributed by atoms with E-state index in [1.54, 1.807) is 36.7 Å². The van der Waals surface area contributed by atoms with Gasteiger partial charge in [-0.05, 0) is 25.1 Å². The van der Waals surface area contributed by atoms with Gasteiger partial charge in [-0.15, -0.1) is 10.2 Å². The summed E-state index contributed by atoms with van der Waals surface area (Å²) in [5.41, 5.74) is 0.407. The van der Waals surface area contributed by atoms with Gasteiger partial charge in [0.25, 0.3) is 0 Å². The normalized spacial score (nSPS) is 12.3. The molecule has 182 valence electrons. The van der Waals surface area contributed by atoms with Gasteiger partial charge < -0.3 is 9.47 Å². The second-order valence-corrected chi connectivity index (χ2v) is 9.92. The third kappa shape index (κ3) is 5.09. The molecule has 0 radical (unpaired) electrons. The van der Waals surface area contributed by atoms with E-state index in [0.29, 0.717) is 17.2 Å². The first-order valence-electron chi connectivity index (χ1n) is 10.4. The van der Waals surface area contributed by atoms with Gasteiger partial charge in [0.1, 0.15) is 28.8 Å². The Bertz CT molecular complexity index is 1390. The van der Waals surface area contributed by atoms with E-state index >= 15 is 0 Å². The minimum atomic E-state index is -3.78. The number of rotatable bonds is 9. The molecule has 3 heterocycles. The van der Waals surface area contributed by atoms with Gasteiger partial charge in [0, 0.05) is 18.8 Å². The fraction of sp³-hybridized carbons (Fsp3) is 0.273. The second-order valence-electron chi connectivity index (χ2n) is 7.50. The number of para-hydroxylation sites is 1. The first kappa shape index (κ1) is 24.1. The Morgan fingerprint density at radius 3 is 2.20 bits per heavy atom. The number of halogens is 1. The number of nitrogens with zero attached hydrogens (tertiary/aromatic N) is 7. The molecule has 35 heavy (non-hydrogen) atoms. The summed E-state index contributed by atoms with van der Waals surface area (Å²) in [6.07, 6.45) is 5.09. The molecule has 0 fully saturated rings. The third-order valence-corrected chi connectivity index (χ3v) is 7.26. The van der Waals surface area contributed by atoms with Crippen molar-refractivity contribution in [2.45, 2.75) is 24.3 Å². The van der Waals surface area contributed by atoms with Crippen LogP contribution in [0.1, 0.15) is 18.6 Å². The van der Waals surface area contributed by atoms with E-state index in [0.717, 1.165) is 12.4 Å². The largest absolute Gasteiger partial charge is 0.494 e. The summed E-state index contributed by atoms with van der Waals surface area (Å²) in [7, 11) is -0.802. The molecule has 0 aliphatic carbocycles. The zero-order valence-electron chi connectivity index (χ0n) is 19.2. The van der Waals surface area contributed by atoms with Gasteiger partial charge in [0.05, 0.1) is 31.9 Å². The highest BCUT2D eigenvalue weighted by atomic mass is 32.2. The molecule has 0 bridgehead atoms. The van der Waals surface area contributed by atoms with Crippen molar-refractivity contribution >= 4 is 9.84 Å². The van der Waals surface area contributed by atoms with E-state index in [2.05, 4.69) is 30.1 Å². The topological polar surface area (TPSA) is 135 Å². The highest BCUT2D eigenvalue weighted by Crippen LogP contribution is 2.36. The lowest BCUT2D eigenvalue weighted by Crippen LogP contribution is -2.24. The van der Waals surface area contributed by atoms with E-state index in [4.69, 9.17) is 9.47 Å². The predicted octanol–water partition coefficient (Wildman–Crippen LogP) is 2.22. The molecule has 0 aliphatic heterocycles. The summed E-state index contributed by atoms with van der Waals surface area (Å²) in [4.78, 5) is 16.2. The Hall–Kier alpha value is -4.00. The van der Waals surface area contributed by atoms with E-state index in [-0.39, 0.29) is 29.7 Å². The van der Waals surface area contributed by atoms with Crippen LogP contribution in [0.4, 0.5) is 4.39 Å². The molecule has 3 aromatic heterocycles. The molecule has 0 saturated heterocycles. The van der Waals surface area contributed by atoms with Gasteiger partial charge in [-0.3, -0.25) is 4.57 Å². The first-order chi connectivity index (χ1) is 16.8. The molecule has 4 rings (SSSR count). The summed E-state index contributed by atoms with van der Waals surface area (Å²) >= 11 is 0. The summed E-state index contributed by atoms with van der Waals surface area (Å²) in [5, 5.41) is 7.48. The fourth-order valence-electron chi connectivity index (χ4n) is 3.41. The average Bonchev–Trinajstić information content (AvgIpc) is 3.27. The lowest BCUT2D eigenvalue weighted by molar-refractivity contribution is 0.390. The lowest BCUT2D eigenvalue weighted by atomic mass is 10.2. The number of hydrogen-bond donors (Lipinski definition) is 0. The number of methoxy groups -OCH3 is 2. The first-order valence-corrected chi connectivity index (χ1v) is 12.2. The zero-order valence-corrected chi connectivity index (χ0v) is 20.0. The lowest BCUT2D eigenvalue weighted by Gasteiger charge is -2.18. The van der Waals surface area contributed by atoms with E-state index in [1.165, 1.54) is 25.7 Å². The van der Waals surface area contributed by atoms with Crippen LogP contribution < -0.4 is 9.47 Å². The van der Waals surface area contributed by atoms with Crippen LogP contribution in [0.2, 0.25) is 0 Å². The van der Waals surface area contributed by atoms with E-state index < -0.39 is 26.7 Å². The zero-order chi connectivity index (χ0) is 25.0. The van der Waals surface area contributed by atoms with Crippen molar-refractivity contribution in [3.63, 3.8) is 0 Å². The predicted molar refractivity (Wildman–Crippen MR) is 123 cm³/mol. The van der Waals surface area contributed by atoms with Gasteiger partial charge in [0.2, 0.25) is 5.82 Å². The third-order valence-electron chi connectivity index (χ3n) is 5.21. The molecule has 0 saturated carbocycles. The van der Waals surface area contributed by atoms with E-state index in [1.807, 2.05) is 0 Å². The SMILES string of the molecule is COc1cccc(OC)c1-n1c(CS(=O)(=O)[C@@H](C)Cc2ncc(F)cn2)nnc1-c1ncccn1. The quantitative estimate of drug-likeness (QED) is 0.337. The molecule has 1 aromatic carbocycles. The highest BCUT2D eigenvalue weighted by molar-refractivity contribution is 7.91.